The van der Waals surface area contributed by atoms with Gasteiger partial charge in [0.05, 0.1) is 6.10 Å². The van der Waals surface area contributed by atoms with E-state index in [9.17, 15) is 13.9 Å². The first kappa shape index (κ1) is 13.5. The highest BCUT2D eigenvalue weighted by atomic mass is 35.5. The number of hydrogen-bond acceptors (Lipinski definition) is 1. The second-order valence-electron chi connectivity index (χ2n) is 5.21. The zero-order valence-electron chi connectivity index (χ0n) is 10.6. The molecule has 1 aliphatic rings. The van der Waals surface area contributed by atoms with Gasteiger partial charge in [-0.2, -0.15) is 0 Å². The van der Waals surface area contributed by atoms with Gasteiger partial charge < -0.3 is 5.11 Å². The molecule has 1 fully saturated rings. The second-order valence-corrected chi connectivity index (χ2v) is 5.62. The predicted molar refractivity (Wildman–Crippen MR) is 73.7 cm³/mol. The van der Waals surface area contributed by atoms with E-state index in [2.05, 4.69) is 0 Å². The fraction of sp³-hybridized carbons (Fsp3) is 0.250. The molecule has 1 saturated carbocycles. The highest BCUT2D eigenvalue weighted by Crippen LogP contribution is 2.57. The summed E-state index contributed by atoms with van der Waals surface area (Å²) in [5.41, 5.74) is 0.801. The van der Waals surface area contributed by atoms with Crippen molar-refractivity contribution in [3.05, 3.63) is 70.2 Å². The fourth-order valence-corrected chi connectivity index (χ4v) is 2.92. The average Bonchev–Trinajstić information content (AvgIpc) is 3.25. The second kappa shape index (κ2) is 4.83. The van der Waals surface area contributed by atoms with E-state index in [1.165, 1.54) is 0 Å². The first-order valence-electron chi connectivity index (χ1n) is 6.42. The van der Waals surface area contributed by atoms with Crippen molar-refractivity contribution in [2.24, 2.45) is 0 Å². The molecule has 2 aromatic rings. The monoisotopic (exact) mass is 294 g/mol. The lowest BCUT2D eigenvalue weighted by molar-refractivity contribution is 0.132. The fourth-order valence-electron chi connectivity index (χ4n) is 2.67. The zero-order valence-corrected chi connectivity index (χ0v) is 11.4. The lowest BCUT2D eigenvalue weighted by Crippen LogP contribution is -2.19. The molecule has 1 atom stereocenters. The lowest BCUT2D eigenvalue weighted by atomic mass is 9.86. The van der Waals surface area contributed by atoms with Gasteiger partial charge in [0, 0.05) is 16.0 Å². The van der Waals surface area contributed by atoms with Crippen molar-refractivity contribution in [1.82, 2.24) is 0 Å². The SMILES string of the molecule is OC(c1cc(F)c(F)cc1Cl)C1(c2ccccc2)CC1. The van der Waals surface area contributed by atoms with Crippen LogP contribution in [0.25, 0.3) is 0 Å². The molecule has 0 amide bonds. The maximum Gasteiger partial charge on any atom is 0.160 e. The van der Waals surface area contributed by atoms with Gasteiger partial charge in [-0.15, -0.1) is 0 Å². The Kier molecular flexibility index (Phi) is 3.27. The van der Waals surface area contributed by atoms with E-state index < -0.39 is 23.2 Å². The molecular weight excluding hydrogens is 282 g/mol. The Morgan fingerprint density at radius 1 is 1.05 bits per heavy atom. The van der Waals surface area contributed by atoms with Crippen molar-refractivity contribution >= 4 is 11.6 Å². The Morgan fingerprint density at radius 3 is 2.25 bits per heavy atom. The van der Waals surface area contributed by atoms with E-state index in [1.54, 1.807) is 0 Å². The van der Waals surface area contributed by atoms with Gasteiger partial charge in [0.15, 0.2) is 11.6 Å². The van der Waals surface area contributed by atoms with Gasteiger partial charge in [-0.3, -0.25) is 0 Å². The number of hydrogen-bond donors (Lipinski definition) is 1. The molecule has 0 bridgehead atoms. The Morgan fingerprint density at radius 2 is 1.65 bits per heavy atom. The number of benzene rings is 2. The van der Waals surface area contributed by atoms with Crippen LogP contribution < -0.4 is 0 Å². The van der Waals surface area contributed by atoms with Gasteiger partial charge >= 0.3 is 0 Å². The van der Waals surface area contributed by atoms with Crippen molar-refractivity contribution in [3.63, 3.8) is 0 Å². The van der Waals surface area contributed by atoms with E-state index >= 15 is 0 Å². The van der Waals surface area contributed by atoms with Gasteiger partial charge in [0.1, 0.15) is 0 Å². The smallest absolute Gasteiger partial charge is 0.160 e. The molecule has 20 heavy (non-hydrogen) atoms. The summed E-state index contributed by atoms with van der Waals surface area (Å²) in [4.78, 5) is 0. The number of rotatable bonds is 3. The van der Waals surface area contributed by atoms with Crippen molar-refractivity contribution in [2.45, 2.75) is 24.4 Å². The van der Waals surface area contributed by atoms with Crippen molar-refractivity contribution in [3.8, 4) is 0 Å². The molecule has 0 spiro atoms. The van der Waals surface area contributed by atoms with Crippen molar-refractivity contribution in [2.75, 3.05) is 0 Å². The van der Waals surface area contributed by atoms with Crippen LogP contribution in [0.1, 0.15) is 30.1 Å². The van der Waals surface area contributed by atoms with E-state index in [4.69, 9.17) is 11.6 Å². The predicted octanol–water partition coefficient (Wildman–Crippen LogP) is 4.38. The number of aliphatic hydroxyl groups is 1. The summed E-state index contributed by atoms with van der Waals surface area (Å²) in [7, 11) is 0. The molecular formula is C16H13ClF2O. The Bertz CT molecular complexity index is 638. The minimum atomic E-state index is -1.00. The minimum Gasteiger partial charge on any atom is -0.387 e. The van der Waals surface area contributed by atoms with Gasteiger partial charge in [0.2, 0.25) is 0 Å². The number of aliphatic hydroxyl groups excluding tert-OH is 1. The molecule has 3 rings (SSSR count). The summed E-state index contributed by atoms with van der Waals surface area (Å²) in [6.07, 6.45) is 0.661. The Balaban J connectivity index is 2.01. The molecule has 0 aliphatic heterocycles. The van der Waals surface area contributed by atoms with E-state index in [0.717, 1.165) is 30.5 Å². The molecule has 2 aromatic carbocycles. The minimum absolute atomic E-state index is 0.0543. The van der Waals surface area contributed by atoms with E-state index in [1.807, 2.05) is 30.3 Å². The van der Waals surface area contributed by atoms with Crippen LogP contribution in [0.4, 0.5) is 8.78 Å². The van der Waals surface area contributed by atoms with Crippen LogP contribution in [0.15, 0.2) is 42.5 Å². The Hall–Kier alpha value is -1.45. The molecule has 1 nitrogen and oxygen atoms in total. The molecule has 1 unspecified atom stereocenters. The molecule has 1 aliphatic carbocycles. The third kappa shape index (κ3) is 2.11. The normalized spacial score (nSPS) is 17.8. The molecule has 0 radical (unpaired) electrons. The van der Waals surface area contributed by atoms with Crippen molar-refractivity contribution in [1.29, 1.82) is 0 Å². The topological polar surface area (TPSA) is 20.2 Å². The van der Waals surface area contributed by atoms with Gasteiger partial charge in [-0.25, -0.2) is 8.78 Å². The van der Waals surface area contributed by atoms with Crippen LogP contribution in [0, 0.1) is 11.6 Å². The van der Waals surface area contributed by atoms with Gasteiger partial charge in [-0.05, 0) is 30.5 Å². The maximum absolute atomic E-state index is 13.4. The maximum atomic E-state index is 13.4. The molecule has 4 heteroatoms. The van der Waals surface area contributed by atoms with Crippen LogP contribution in [-0.2, 0) is 5.41 Å². The molecule has 0 saturated heterocycles. The third-order valence-electron chi connectivity index (χ3n) is 3.99. The first-order chi connectivity index (χ1) is 9.54. The summed E-state index contributed by atoms with van der Waals surface area (Å²) >= 11 is 5.95. The first-order valence-corrected chi connectivity index (χ1v) is 6.80. The van der Waals surface area contributed by atoms with Crippen molar-refractivity contribution < 1.29 is 13.9 Å². The average molecular weight is 295 g/mol. The molecule has 0 aromatic heterocycles. The summed E-state index contributed by atoms with van der Waals surface area (Å²) < 4.78 is 26.5. The summed E-state index contributed by atoms with van der Waals surface area (Å²) in [5.74, 6) is -2.00. The van der Waals surface area contributed by atoms with Gasteiger partial charge in [-0.1, -0.05) is 41.9 Å². The van der Waals surface area contributed by atoms with E-state index in [0.29, 0.717) is 0 Å². The highest BCUT2D eigenvalue weighted by Gasteiger charge is 2.51. The lowest BCUT2D eigenvalue weighted by Gasteiger charge is -2.24. The summed E-state index contributed by atoms with van der Waals surface area (Å²) in [5, 5.41) is 10.6. The summed E-state index contributed by atoms with van der Waals surface area (Å²) in [6.45, 7) is 0. The summed E-state index contributed by atoms with van der Waals surface area (Å²) in [6, 6.07) is 11.5. The van der Waals surface area contributed by atoms with Crippen LogP contribution in [-0.4, -0.2) is 5.11 Å². The van der Waals surface area contributed by atoms with E-state index in [-0.39, 0.29) is 10.6 Å². The number of halogens is 3. The molecule has 0 heterocycles. The standard InChI is InChI=1S/C16H13ClF2O/c17-12-9-14(19)13(18)8-11(12)15(20)16(6-7-16)10-4-2-1-3-5-10/h1-5,8-9,15,20H,6-7H2. The van der Waals surface area contributed by atoms with Crippen LogP contribution >= 0.6 is 11.6 Å². The van der Waals surface area contributed by atoms with Crippen LogP contribution in [0.3, 0.4) is 0 Å². The zero-order chi connectivity index (χ0) is 14.3. The molecule has 104 valence electrons. The Labute approximate surface area is 120 Å². The third-order valence-corrected chi connectivity index (χ3v) is 4.32. The highest BCUT2D eigenvalue weighted by molar-refractivity contribution is 6.31. The quantitative estimate of drug-likeness (QED) is 0.833. The largest absolute Gasteiger partial charge is 0.387 e. The van der Waals surface area contributed by atoms with Gasteiger partial charge in [0.25, 0.3) is 0 Å². The molecule has 1 N–H and O–H groups in total. The van der Waals surface area contributed by atoms with Crippen LogP contribution in [0.5, 0.6) is 0 Å². The van der Waals surface area contributed by atoms with Crippen LogP contribution in [0.2, 0.25) is 5.02 Å².